The number of anilines is 2. The summed E-state index contributed by atoms with van der Waals surface area (Å²) in [5.41, 5.74) is 5.34. The summed E-state index contributed by atoms with van der Waals surface area (Å²) < 4.78 is 0. The van der Waals surface area contributed by atoms with Crippen LogP contribution >= 0.6 is 11.8 Å². The normalized spacial score (nSPS) is 17.4. The summed E-state index contributed by atoms with van der Waals surface area (Å²) in [6, 6.07) is 16.5. The molecular formula is C30H41N3O2S. The molecule has 2 aliphatic rings. The van der Waals surface area contributed by atoms with Gasteiger partial charge in [0, 0.05) is 36.4 Å². The third kappa shape index (κ3) is 8.16. The summed E-state index contributed by atoms with van der Waals surface area (Å²) in [6.07, 6.45) is 12.2. The smallest absolute Gasteiger partial charge is 0.152 e. The van der Waals surface area contributed by atoms with Gasteiger partial charge in [-0.3, -0.25) is 4.79 Å². The predicted octanol–water partition coefficient (Wildman–Crippen LogP) is 7.31. The summed E-state index contributed by atoms with van der Waals surface area (Å²) in [6.45, 7) is 4.35. The molecule has 2 N–H and O–H groups in total. The molecule has 36 heavy (non-hydrogen) atoms. The number of rotatable bonds is 10. The third-order valence-corrected chi connectivity index (χ3v) is 7.85. The van der Waals surface area contributed by atoms with Crippen LogP contribution in [0.3, 0.4) is 0 Å². The second-order valence-electron chi connectivity index (χ2n) is 9.80. The number of hydrogen-bond acceptors (Lipinski definition) is 6. The van der Waals surface area contributed by atoms with Gasteiger partial charge in [-0.25, -0.2) is 0 Å². The second-order valence-corrected chi connectivity index (χ2v) is 10.8. The Morgan fingerprint density at radius 2 is 1.72 bits per heavy atom. The Morgan fingerprint density at radius 1 is 1.03 bits per heavy atom. The molecule has 1 heterocycles. The summed E-state index contributed by atoms with van der Waals surface area (Å²) in [5, 5.41) is 8.93. The number of carbonyl (C=O) groups is 2. The lowest BCUT2D eigenvalue weighted by molar-refractivity contribution is -0.108. The molecule has 1 atom stereocenters. The number of carbonyl (C=O) groups excluding carboxylic acids is 2. The van der Waals surface area contributed by atoms with Gasteiger partial charge in [-0.05, 0) is 73.6 Å². The molecule has 0 amide bonds. The molecule has 1 unspecified atom stereocenters. The fourth-order valence-electron chi connectivity index (χ4n) is 4.83. The van der Waals surface area contributed by atoms with Crippen LogP contribution in [0.2, 0.25) is 0 Å². The van der Waals surface area contributed by atoms with Crippen LogP contribution < -0.4 is 15.5 Å². The van der Waals surface area contributed by atoms with Crippen molar-refractivity contribution in [2.45, 2.75) is 76.8 Å². The van der Waals surface area contributed by atoms with E-state index in [9.17, 15) is 9.59 Å². The minimum Gasteiger partial charge on any atom is -0.388 e. The Balaban J connectivity index is 0.000000275. The SMILES string of the molecule is CNc1ccc(C2=CSC(N(c3ccc(C=O)cc3)C(C)C)N2)cc1.O=CCCCC1CCCCC1. The average molecular weight is 508 g/mol. The molecule has 0 aromatic heterocycles. The third-order valence-electron chi connectivity index (χ3n) is 6.87. The van der Waals surface area contributed by atoms with Gasteiger partial charge in [0.25, 0.3) is 0 Å². The molecule has 1 saturated carbocycles. The van der Waals surface area contributed by atoms with Gasteiger partial charge in [0.05, 0.1) is 5.70 Å². The molecule has 5 nitrogen and oxygen atoms in total. The van der Waals surface area contributed by atoms with Crippen molar-refractivity contribution >= 4 is 41.4 Å². The van der Waals surface area contributed by atoms with Crippen LogP contribution in [0, 0.1) is 5.92 Å². The Labute approximate surface area is 221 Å². The minimum atomic E-state index is 0.126. The van der Waals surface area contributed by atoms with Crippen molar-refractivity contribution < 1.29 is 9.59 Å². The summed E-state index contributed by atoms with van der Waals surface area (Å²) in [7, 11) is 1.92. The summed E-state index contributed by atoms with van der Waals surface area (Å²) in [5.74, 6) is 0.948. The van der Waals surface area contributed by atoms with Crippen molar-refractivity contribution in [2.24, 2.45) is 5.92 Å². The lowest BCUT2D eigenvalue weighted by Gasteiger charge is -2.35. The lowest BCUT2D eigenvalue weighted by atomic mass is 9.86. The van der Waals surface area contributed by atoms with Gasteiger partial charge in [-0.1, -0.05) is 62.4 Å². The molecule has 0 bridgehead atoms. The number of unbranched alkanes of at least 4 members (excludes halogenated alkanes) is 1. The van der Waals surface area contributed by atoms with Crippen molar-refractivity contribution in [3.63, 3.8) is 0 Å². The quantitative estimate of drug-likeness (QED) is 0.260. The van der Waals surface area contributed by atoms with Crippen molar-refractivity contribution in [1.29, 1.82) is 0 Å². The highest BCUT2D eigenvalue weighted by molar-refractivity contribution is 8.03. The van der Waals surface area contributed by atoms with E-state index in [0.717, 1.165) is 48.4 Å². The largest absolute Gasteiger partial charge is 0.388 e. The van der Waals surface area contributed by atoms with Crippen molar-refractivity contribution in [3.05, 3.63) is 65.1 Å². The van der Waals surface area contributed by atoms with Crippen LogP contribution in [0.25, 0.3) is 5.70 Å². The van der Waals surface area contributed by atoms with E-state index >= 15 is 0 Å². The van der Waals surface area contributed by atoms with Gasteiger partial charge in [0.15, 0.2) is 5.50 Å². The number of aldehydes is 2. The molecule has 4 rings (SSSR count). The Hall–Kier alpha value is -2.73. The maximum absolute atomic E-state index is 10.9. The van der Waals surface area contributed by atoms with Gasteiger partial charge in [0.1, 0.15) is 12.6 Å². The monoisotopic (exact) mass is 507 g/mol. The number of hydrogen-bond donors (Lipinski definition) is 2. The Bertz CT molecular complexity index is 967. The molecule has 6 heteroatoms. The molecule has 2 aromatic carbocycles. The molecule has 0 spiro atoms. The predicted molar refractivity (Wildman–Crippen MR) is 154 cm³/mol. The zero-order valence-corrected chi connectivity index (χ0v) is 22.7. The first-order valence-corrected chi connectivity index (χ1v) is 14.2. The zero-order chi connectivity index (χ0) is 25.8. The van der Waals surface area contributed by atoms with Crippen molar-refractivity contribution in [2.75, 3.05) is 17.3 Å². The van der Waals surface area contributed by atoms with Gasteiger partial charge in [0.2, 0.25) is 0 Å². The van der Waals surface area contributed by atoms with Crippen LogP contribution in [0.15, 0.2) is 53.9 Å². The molecule has 194 valence electrons. The first-order chi connectivity index (χ1) is 17.5. The molecule has 1 fully saturated rings. The fraction of sp³-hybridized carbons (Fsp3) is 0.467. The van der Waals surface area contributed by atoms with Crippen LogP contribution in [-0.2, 0) is 4.79 Å². The summed E-state index contributed by atoms with van der Waals surface area (Å²) in [4.78, 5) is 23.3. The molecule has 1 aliphatic carbocycles. The van der Waals surface area contributed by atoms with Gasteiger partial charge in [-0.15, -0.1) is 0 Å². The fourth-order valence-corrected chi connectivity index (χ4v) is 5.99. The number of benzene rings is 2. The van der Waals surface area contributed by atoms with E-state index in [-0.39, 0.29) is 5.50 Å². The van der Waals surface area contributed by atoms with E-state index in [0.29, 0.717) is 11.6 Å². The van der Waals surface area contributed by atoms with Crippen LogP contribution in [0.4, 0.5) is 11.4 Å². The molecule has 0 radical (unpaired) electrons. The van der Waals surface area contributed by atoms with Crippen molar-refractivity contribution in [3.8, 4) is 0 Å². The Kier molecular flexibility index (Phi) is 11.4. The van der Waals surface area contributed by atoms with Gasteiger partial charge < -0.3 is 20.3 Å². The molecular weight excluding hydrogens is 466 g/mol. The number of nitrogens with one attached hydrogen (secondary N) is 2. The van der Waals surface area contributed by atoms with Gasteiger partial charge in [-0.2, -0.15) is 0 Å². The molecule has 1 aliphatic heterocycles. The average Bonchev–Trinajstić information content (AvgIpc) is 3.40. The number of thioether (sulfide) groups is 1. The highest BCUT2D eigenvalue weighted by Gasteiger charge is 2.26. The van der Waals surface area contributed by atoms with Crippen molar-refractivity contribution in [1.82, 2.24) is 5.32 Å². The maximum Gasteiger partial charge on any atom is 0.152 e. The topological polar surface area (TPSA) is 61.4 Å². The first kappa shape index (κ1) is 27.9. The van der Waals surface area contributed by atoms with E-state index in [4.69, 9.17) is 0 Å². The second kappa shape index (κ2) is 14.7. The Morgan fingerprint density at radius 3 is 2.31 bits per heavy atom. The van der Waals surface area contributed by atoms with E-state index < -0.39 is 0 Å². The van der Waals surface area contributed by atoms with Crippen LogP contribution in [0.1, 0.15) is 81.1 Å². The first-order valence-electron chi connectivity index (χ1n) is 13.2. The van der Waals surface area contributed by atoms with Crippen LogP contribution in [-0.4, -0.2) is 31.2 Å². The van der Waals surface area contributed by atoms with E-state index in [1.165, 1.54) is 44.1 Å². The molecule has 2 aromatic rings. The van der Waals surface area contributed by atoms with E-state index in [2.05, 4.69) is 59.1 Å². The van der Waals surface area contributed by atoms with Crippen LogP contribution in [0.5, 0.6) is 0 Å². The van der Waals surface area contributed by atoms with E-state index in [1.807, 2.05) is 31.3 Å². The lowest BCUT2D eigenvalue weighted by Crippen LogP contribution is -2.44. The van der Waals surface area contributed by atoms with Gasteiger partial charge >= 0.3 is 0 Å². The standard InChI is InChI=1S/C20H23N3OS.C10H18O/c1-14(2)23(18-10-4-15(12-24)5-11-18)20-22-19(13-25-20)16-6-8-17(21-3)9-7-16;11-9-5-4-8-10-6-2-1-3-7-10/h4-14,20-22H,1-3H3;9-10H,1-8H2. The maximum atomic E-state index is 10.9. The van der Waals surface area contributed by atoms with E-state index in [1.54, 1.807) is 11.8 Å². The summed E-state index contributed by atoms with van der Waals surface area (Å²) >= 11 is 1.76. The highest BCUT2D eigenvalue weighted by atomic mass is 32.2. The number of nitrogens with zero attached hydrogens (tertiary/aromatic N) is 1. The highest BCUT2D eigenvalue weighted by Crippen LogP contribution is 2.33. The minimum absolute atomic E-state index is 0.126. The zero-order valence-electron chi connectivity index (χ0n) is 21.9. The molecule has 0 saturated heterocycles.